The number of anilines is 3. The number of para-hydroxylation sites is 2. The number of ether oxygens (including phenoxy) is 1. The van der Waals surface area contributed by atoms with Gasteiger partial charge in [0.1, 0.15) is 29.1 Å². The van der Waals surface area contributed by atoms with E-state index in [1.54, 1.807) is 12.1 Å². The Labute approximate surface area is 265 Å². The highest BCUT2D eigenvalue weighted by atomic mass is 19.4. The third-order valence-corrected chi connectivity index (χ3v) is 7.27. The van der Waals surface area contributed by atoms with Gasteiger partial charge in [0.05, 0.1) is 5.69 Å². The van der Waals surface area contributed by atoms with Crippen LogP contribution in [0.25, 0.3) is 33.2 Å². The molecule has 0 bridgehead atoms. The molecule has 0 saturated carbocycles. The van der Waals surface area contributed by atoms with Gasteiger partial charge in [-0.05, 0) is 72.6 Å². The van der Waals surface area contributed by atoms with Crippen molar-refractivity contribution in [3.05, 3.63) is 108 Å². The number of fused-ring (bicyclic) bond motifs is 4. The van der Waals surface area contributed by atoms with Crippen LogP contribution in [0.1, 0.15) is 11.1 Å². The summed E-state index contributed by atoms with van der Waals surface area (Å²) in [4.78, 5) is 30.2. The van der Waals surface area contributed by atoms with Gasteiger partial charge in [0.2, 0.25) is 0 Å². The monoisotopic (exact) mass is 641 g/mol. The van der Waals surface area contributed by atoms with Crippen molar-refractivity contribution in [1.29, 1.82) is 0 Å². The molecule has 4 N–H and O–H groups in total. The second-order valence-electron chi connectivity index (χ2n) is 10.4. The third kappa shape index (κ3) is 7.31. The second kappa shape index (κ2) is 13.2. The molecule has 0 saturated heterocycles. The Hall–Kier alpha value is -5.95. The molecular weight excluding hydrogens is 615 g/mol. The van der Waals surface area contributed by atoms with Crippen molar-refractivity contribution in [2.24, 2.45) is 0 Å². The normalized spacial score (nSPS) is 12.5. The van der Waals surface area contributed by atoms with Crippen molar-refractivity contribution in [3.8, 4) is 17.0 Å². The summed E-state index contributed by atoms with van der Waals surface area (Å²) in [6.07, 6.45) is -3.11. The Kier molecular flexibility index (Phi) is 8.71. The molecule has 0 aliphatic carbocycles. The maximum atomic E-state index is 12.5. The molecule has 0 radical (unpaired) electrons. The van der Waals surface area contributed by atoms with Crippen LogP contribution in [0, 0.1) is 0 Å². The van der Waals surface area contributed by atoms with Crippen LogP contribution in [-0.4, -0.2) is 39.9 Å². The van der Waals surface area contributed by atoms with E-state index in [0.717, 1.165) is 64.0 Å². The summed E-state index contributed by atoms with van der Waals surface area (Å²) in [6, 6.07) is 29.1. The van der Waals surface area contributed by atoms with Gasteiger partial charge in [-0.3, -0.25) is 5.32 Å². The van der Waals surface area contributed by atoms with Gasteiger partial charge in [0.25, 0.3) is 0 Å². The molecule has 10 nitrogen and oxygen atoms in total. The predicted octanol–water partition coefficient (Wildman–Crippen LogP) is 7.68. The predicted molar refractivity (Wildman–Crippen MR) is 170 cm³/mol. The van der Waals surface area contributed by atoms with Crippen LogP contribution in [0.4, 0.5) is 35.2 Å². The largest absolute Gasteiger partial charge is 0.490 e. The molecule has 0 spiro atoms. The maximum absolute atomic E-state index is 12.5. The second-order valence-corrected chi connectivity index (χ2v) is 10.4. The summed E-state index contributed by atoms with van der Waals surface area (Å²) in [5.74, 6) is -1.59. The summed E-state index contributed by atoms with van der Waals surface area (Å²) in [7, 11) is 0. The number of amides is 1. The summed E-state index contributed by atoms with van der Waals surface area (Å²) in [5, 5.41) is 18.7. The fourth-order valence-electron chi connectivity index (χ4n) is 5.08. The number of carboxylic acids is 1. The molecule has 47 heavy (non-hydrogen) atoms. The van der Waals surface area contributed by atoms with Gasteiger partial charge < -0.3 is 24.9 Å². The topological polar surface area (TPSA) is 139 Å². The molecule has 0 unspecified atom stereocenters. The fourth-order valence-corrected chi connectivity index (χ4v) is 5.08. The van der Waals surface area contributed by atoms with E-state index in [2.05, 4.69) is 38.1 Å². The number of carboxylic acid groups (broad SMARTS) is 1. The third-order valence-electron chi connectivity index (χ3n) is 7.27. The average molecular weight is 642 g/mol. The molecule has 0 atom stereocenters. The van der Waals surface area contributed by atoms with Crippen molar-refractivity contribution in [1.82, 2.24) is 15.3 Å². The van der Waals surface area contributed by atoms with Crippen molar-refractivity contribution in [2.45, 2.75) is 19.1 Å². The number of rotatable bonds is 5. The van der Waals surface area contributed by atoms with Crippen molar-refractivity contribution in [3.63, 3.8) is 0 Å². The number of halogens is 3. The number of alkyl halides is 3. The van der Waals surface area contributed by atoms with Crippen LogP contribution < -0.4 is 20.7 Å². The smallest absolute Gasteiger partial charge is 0.475 e. The maximum Gasteiger partial charge on any atom is 0.490 e. The molecule has 7 rings (SSSR count). The lowest BCUT2D eigenvalue weighted by Crippen LogP contribution is -2.23. The first-order valence-corrected chi connectivity index (χ1v) is 14.4. The Bertz CT molecular complexity index is 2080. The quantitative estimate of drug-likeness (QED) is 0.149. The molecule has 4 aromatic carbocycles. The van der Waals surface area contributed by atoms with E-state index in [1.807, 2.05) is 66.7 Å². The summed E-state index contributed by atoms with van der Waals surface area (Å²) in [5.41, 5.74) is 7.17. The number of hydrogen-bond donors (Lipinski definition) is 4. The van der Waals surface area contributed by atoms with Crippen LogP contribution in [0.15, 0.2) is 102 Å². The van der Waals surface area contributed by atoms with Crippen molar-refractivity contribution >= 4 is 51.2 Å². The first kappa shape index (κ1) is 31.0. The Morgan fingerprint density at radius 2 is 1.62 bits per heavy atom. The van der Waals surface area contributed by atoms with E-state index in [-0.39, 0.29) is 0 Å². The van der Waals surface area contributed by atoms with E-state index in [4.69, 9.17) is 19.1 Å². The van der Waals surface area contributed by atoms with Gasteiger partial charge in [-0.25, -0.2) is 19.6 Å². The minimum Gasteiger partial charge on any atom is -0.475 e. The molecule has 2 aromatic heterocycles. The van der Waals surface area contributed by atoms with Crippen LogP contribution in [-0.2, 0) is 17.8 Å². The van der Waals surface area contributed by atoms with Gasteiger partial charge in [0, 0.05) is 40.3 Å². The minimum atomic E-state index is -5.08. The number of hydrogen-bond acceptors (Lipinski definition) is 8. The van der Waals surface area contributed by atoms with Gasteiger partial charge >= 0.3 is 18.2 Å². The number of aromatic nitrogens is 2. The van der Waals surface area contributed by atoms with Crippen molar-refractivity contribution in [2.75, 3.05) is 17.2 Å². The highest BCUT2D eigenvalue weighted by Crippen LogP contribution is 2.35. The van der Waals surface area contributed by atoms with Crippen LogP contribution in [0.3, 0.4) is 0 Å². The van der Waals surface area contributed by atoms with Gasteiger partial charge in [-0.2, -0.15) is 13.2 Å². The van der Waals surface area contributed by atoms with Gasteiger partial charge in [0.15, 0.2) is 0 Å². The molecule has 6 aromatic rings. The molecule has 0 fully saturated rings. The molecule has 1 amide bonds. The Morgan fingerprint density at radius 1 is 0.872 bits per heavy atom. The molecule has 13 heteroatoms. The Balaban J connectivity index is 0.000000499. The van der Waals surface area contributed by atoms with E-state index < -0.39 is 18.2 Å². The van der Waals surface area contributed by atoms with Gasteiger partial charge in [-0.1, -0.05) is 36.4 Å². The number of furan rings is 1. The first-order chi connectivity index (χ1) is 22.6. The molecule has 3 heterocycles. The lowest BCUT2D eigenvalue weighted by molar-refractivity contribution is -0.192. The molecule has 1 aliphatic rings. The van der Waals surface area contributed by atoms with E-state index in [9.17, 15) is 18.0 Å². The highest BCUT2D eigenvalue weighted by molar-refractivity contribution is 6.09. The zero-order valence-electron chi connectivity index (χ0n) is 24.5. The zero-order valence-corrected chi connectivity index (χ0v) is 24.5. The average Bonchev–Trinajstić information content (AvgIpc) is 3.45. The summed E-state index contributed by atoms with van der Waals surface area (Å²) in [6.45, 7) is 1.75. The number of carbonyl (C=O) groups is 2. The van der Waals surface area contributed by atoms with Crippen LogP contribution in [0.5, 0.6) is 5.75 Å². The van der Waals surface area contributed by atoms with Crippen LogP contribution in [0.2, 0.25) is 0 Å². The van der Waals surface area contributed by atoms with Crippen molar-refractivity contribution < 1.29 is 37.0 Å². The minimum absolute atomic E-state index is 0.524. The Morgan fingerprint density at radius 3 is 2.40 bits per heavy atom. The first-order valence-electron chi connectivity index (χ1n) is 14.4. The van der Waals surface area contributed by atoms with E-state index in [1.165, 1.54) is 11.9 Å². The standard InChI is InChI=1S/C32H25N5O3.C2HF3O2/c38-32(39-24-13-8-20-14-15-33-18-21(20)16-24)37-23-11-9-22(10-12-23)36-30-17-28(34-19-35-30)27-6-3-5-26-25-4-1-2-7-29(25)40-31(26)27;3-2(4,5)1(6)7/h1-13,16-17,19,33H,14-15,18H2,(H,37,38)(H,34,35,36);(H,6,7). The fraction of sp³-hybridized carbons (Fsp3) is 0.118. The van der Waals surface area contributed by atoms with Crippen LogP contribution >= 0.6 is 0 Å². The molecule has 1 aliphatic heterocycles. The molecule has 238 valence electrons. The summed E-state index contributed by atoms with van der Waals surface area (Å²) >= 11 is 0. The van der Waals surface area contributed by atoms with Gasteiger partial charge in [-0.15, -0.1) is 0 Å². The highest BCUT2D eigenvalue weighted by Gasteiger charge is 2.38. The summed E-state index contributed by atoms with van der Waals surface area (Å²) < 4.78 is 43.4. The lowest BCUT2D eigenvalue weighted by atomic mass is 10.0. The molecular formula is C34H26F3N5O5. The number of nitrogens with one attached hydrogen (secondary N) is 3. The zero-order chi connectivity index (χ0) is 33.0. The van der Waals surface area contributed by atoms with E-state index in [0.29, 0.717) is 17.3 Å². The van der Waals surface area contributed by atoms with E-state index >= 15 is 0 Å². The number of nitrogens with zero attached hydrogens (tertiary/aromatic N) is 2. The number of benzene rings is 4. The SMILES string of the molecule is O=C(Nc1ccc(Nc2cc(-c3cccc4c3oc3ccccc34)ncn2)cc1)Oc1ccc2c(c1)CNCC2.O=C(O)C(F)(F)F. The number of aliphatic carboxylic acids is 1. The number of carbonyl (C=O) groups excluding carboxylic acids is 1. The lowest BCUT2D eigenvalue weighted by Gasteiger charge is -2.17.